The van der Waals surface area contributed by atoms with E-state index in [0.717, 1.165) is 6.54 Å². The largest absolute Gasteiger partial charge is 0.382 e. The van der Waals surface area contributed by atoms with Crippen LogP contribution in [-0.2, 0) is 9.47 Å². The summed E-state index contributed by atoms with van der Waals surface area (Å²) in [6.07, 6.45) is 4.32. The molecule has 3 nitrogen and oxygen atoms in total. The topological polar surface area (TPSA) is 30.5 Å². The Morgan fingerprint density at radius 3 is 2.86 bits per heavy atom. The molecule has 1 aliphatic carbocycles. The van der Waals surface area contributed by atoms with Crippen LogP contribution in [0.15, 0.2) is 0 Å². The van der Waals surface area contributed by atoms with Crippen molar-refractivity contribution in [2.75, 3.05) is 20.3 Å². The average molecular weight is 201 g/mol. The summed E-state index contributed by atoms with van der Waals surface area (Å²) in [4.78, 5) is 0. The Balaban J connectivity index is 2.27. The highest BCUT2D eigenvalue weighted by molar-refractivity contribution is 4.84. The number of rotatable bonds is 6. The third kappa shape index (κ3) is 3.56. The molecule has 0 aliphatic heterocycles. The maximum atomic E-state index is 5.93. The first-order valence-electron chi connectivity index (χ1n) is 5.65. The first-order valence-corrected chi connectivity index (χ1v) is 5.65. The van der Waals surface area contributed by atoms with Gasteiger partial charge in [0.2, 0.25) is 0 Å². The molecule has 0 saturated heterocycles. The van der Waals surface area contributed by atoms with Crippen molar-refractivity contribution in [1.29, 1.82) is 0 Å². The Morgan fingerprint density at radius 1 is 1.43 bits per heavy atom. The van der Waals surface area contributed by atoms with E-state index < -0.39 is 0 Å². The molecule has 0 amide bonds. The number of methoxy groups -OCH3 is 1. The molecule has 0 spiro atoms. The predicted molar refractivity (Wildman–Crippen MR) is 57.5 cm³/mol. The van der Waals surface area contributed by atoms with Gasteiger partial charge in [-0.2, -0.15) is 0 Å². The number of likely N-dealkylation sites (N-methyl/N-ethyl adjacent to an activating group) is 1. The molecule has 3 heteroatoms. The molecule has 3 unspecified atom stereocenters. The van der Waals surface area contributed by atoms with Gasteiger partial charge in [0.25, 0.3) is 0 Å². The molecule has 0 aromatic heterocycles. The fourth-order valence-corrected chi connectivity index (χ4v) is 2.16. The van der Waals surface area contributed by atoms with Crippen molar-refractivity contribution in [2.45, 2.75) is 51.4 Å². The van der Waals surface area contributed by atoms with Gasteiger partial charge in [0.15, 0.2) is 0 Å². The molecule has 0 aromatic rings. The highest BCUT2D eigenvalue weighted by atomic mass is 16.5. The number of hydrogen-bond donors (Lipinski definition) is 1. The van der Waals surface area contributed by atoms with E-state index in [1.807, 2.05) is 0 Å². The van der Waals surface area contributed by atoms with Crippen molar-refractivity contribution in [3.05, 3.63) is 0 Å². The van der Waals surface area contributed by atoms with Crippen molar-refractivity contribution in [2.24, 2.45) is 0 Å². The molecule has 1 aliphatic rings. The molecule has 1 saturated carbocycles. The van der Waals surface area contributed by atoms with Gasteiger partial charge in [0.05, 0.1) is 18.8 Å². The maximum absolute atomic E-state index is 5.93. The van der Waals surface area contributed by atoms with Gasteiger partial charge in [-0.1, -0.05) is 6.92 Å². The van der Waals surface area contributed by atoms with Crippen LogP contribution in [-0.4, -0.2) is 38.5 Å². The van der Waals surface area contributed by atoms with Crippen LogP contribution < -0.4 is 5.32 Å². The Labute approximate surface area is 87.2 Å². The summed E-state index contributed by atoms with van der Waals surface area (Å²) < 4.78 is 11.0. The minimum Gasteiger partial charge on any atom is -0.382 e. The molecule has 0 aromatic carbocycles. The first kappa shape index (κ1) is 12.0. The predicted octanol–water partition coefficient (Wildman–Crippen LogP) is 1.57. The Kier molecular flexibility index (Phi) is 5.45. The van der Waals surface area contributed by atoms with Crippen molar-refractivity contribution in [1.82, 2.24) is 5.32 Å². The highest BCUT2D eigenvalue weighted by Gasteiger charge is 2.28. The van der Waals surface area contributed by atoms with Crippen LogP contribution in [0.5, 0.6) is 0 Å². The van der Waals surface area contributed by atoms with Gasteiger partial charge in [0, 0.05) is 13.2 Å². The van der Waals surface area contributed by atoms with Crippen LogP contribution in [0.25, 0.3) is 0 Å². The molecule has 0 heterocycles. The Bertz CT molecular complexity index is 152. The average Bonchev–Trinajstić information content (AvgIpc) is 2.54. The number of hydrogen-bond acceptors (Lipinski definition) is 3. The monoisotopic (exact) mass is 201 g/mol. The Morgan fingerprint density at radius 2 is 2.21 bits per heavy atom. The quantitative estimate of drug-likeness (QED) is 0.707. The van der Waals surface area contributed by atoms with Crippen molar-refractivity contribution >= 4 is 0 Å². The summed E-state index contributed by atoms with van der Waals surface area (Å²) in [6.45, 7) is 5.94. The standard InChI is InChI=1S/C11H23NO2/c1-4-12-10-6-5-7-11(10)14-9(2)8-13-3/h9-12H,4-8H2,1-3H3. The van der Waals surface area contributed by atoms with Crippen molar-refractivity contribution < 1.29 is 9.47 Å². The van der Waals surface area contributed by atoms with Crippen LogP contribution in [0.4, 0.5) is 0 Å². The molecule has 0 bridgehead atoms. The van der Waals surface area contributed by atoms with Crippen LogP contribution in [0, 0.1) is 0 Å². The molecular formula is C11H23NO2. The second-order valence-corrected chi connectivity index (χ2v) is 4.04. The van der Waals surface area contributed by atoms with Crippen molar-refractivity contribution in [3.8, 4) is 0 Å². The second-order valence-electron chi connectivity index (χ2n) is 4.04. The summed E-state index contributed by atoms with van der Waals surface area (Å²) in [5.74, 6) is 0. The van der Waals surface area contributed by atoms with Gasteiger partial charge in [-0.25, -0.2) is 0 Å². The molecule has 0 radical (unpaired) electrons. The molecule has 1 N–H and O–H groups in total. The lowest BCUT2D eigenvalue weighted by atomic mass is 10.2. The third-order valence-electron chi connectivity index (χ3n) is 2.73. The van der Waals surface area contributed by atoms with Gasteiger partial charge in [-0.3, -0.25) is 0 Å². The van der Waals surface area contributed by atoms with Crippen LogP contribution in [0.3, 0.4) is 0 Å². The molecule has 84 valence electrons. The lowest BCUT2D eigenvalue weighted by Gasteiger charge is -2.24. The van der Waals surface area contributed by atoms with Crippen molar-refractivity contribution in [3.63, 3.8) is 0 Å². The SMILES string of the molecule is CCNC1CCCC1OC(C)COC. The summed E-state index contributed by atoms with van der Waals surface area (Å²) in [5, 5.41) is 3.48. The molecular weight excluding hydrogens is 178 g/mol. The van der Waals surface area contributed by atoms with E-state index in [1.165, 1.54) is 19.3 Å². The minimum absolute atomic E-state index is 0.212. The van der Waals surface area contributed by atoms with Crippen LogP contribution in [0.1, 0.15) is 33.1 Å². The van der Waals surface area contributed by atoms with E-state index in [-0.39, 0.29) is 6.10 Å². The number of ether oxygens (including phenoxy) is 2. The summed E-state index contributed by atoms with van der Waals surface area (Å²) >= 11 is 0. The second kappa shape index (κ2) is 6.38. The summed E-state index contributed by atoms with van der Waals surface area (Å²) in [5.41, 5.74) is 0. The zero-order valence-corrected chi connectivity index (χ0v) is 9.58. The smallest absolute Gasteiger partial charge is 0.0784 e. The van der Waals surface area contributed by atoms with Crippen LogP contribution in [0.2, 0.25) is 0 Å². The van der Waals surface area contributed by atoms with E-state index in [0.29, 0.717) is 18.8 Å². The fourth-order valence-electron chi connectivity index (χ4n) is 2.16. The minimum atomic E-state index is 0.212. The molecule has 1 fully saturated rings. The third-order valence-corrected chi connectivity index (χ3v) is 2.73. The molecule has 1 rings (SSSR count). The summed E-state index contributed by atoms with van der Waals surface area (Å²) in [6, 6.07) is 0.555. The van der Waals surface area contributed by atoms with Gasteiger partial charge in [-0.05, 0) is 32.7 Å². The Hall–Kier alpha value is -0.120. The lowest BCUT2D eigenvalue weighted by molar-refractivity contribution is -0.0449. The number of nitrogens with one attached hydrogen (secondary N) is 1. The zero-order valence-electron chi connectivity index (χ0n) is 9.58. The molecule has 3 atom stereocenters. The lowest BCUT2D eigenvalue weighted by Crippen LogP contribution is -2.39. The van der Waals surface area contributed by atoms with Gasteiger partial charge < -0.3 is 14.8 Å². The van der Waals surface area contributed by atoms with E-state index in [4.69, 9.17) is 9.47 Å². The zero-order chi connectivity index (χ0) is 10.4. The summed E-state index contributed by atoms with van der Waals surface area (Å²) in [7, 11) is 1.72. The normalized spacial score (nSPS) is 29.4. The van der Waals surface area contributed by atoms with Crippen LogP contribution >= 0.6 is 0 Å². The van der Waals surface area contributed by atoms with Gasteiger partial charge >= 0.3 is 0 Å². The first-order chi connectivity index (χ1) is 6.77. The highest BCUT2D eigenvalue weighted by Crippen LogP contribution is 2.23. The van der Waals surface area contributed by atoms with Gasteiger partial charge in [-0.15, -0.1) is 0 Å². The van der Waals surface area contributed by atoms with E-state index in [1.54, 1.807) is 7.11 Å². The maximum Gasteiger partial charge on any atom is 0.0784 e. The van der Waals surface area contributed by atoms with Gasteiger partial charge in [0.1, 0.15) is 0 Å². The van der Waals surface area contributed by atoms with E-state index >= 15 is 0 Å². The fraction of sp³-hybridized carbons (Fsp3) is 1.00. The molecule has 14 heavy (non-hydrogen) atoms. The van der Waals surface area contributed by atoms with E-state index in [9.17, 15) is 0 Å². The van der Waals surface area contributed by atoms with E-state index in [2.05, 4.69) is 19.2 Å².